The third-order valence-electron chi connectivity index (χ3n) is 7.27. The van der Waals surface area contributed by atoms with E-state index in [0.29, 0.717) is 42.9 Å². The van der Waals surface area contributed by atoms with Crippen LogP contribution in [-0.4, -0.2) is 64.6 Å². The fraction of sp³-hybridized carbons (Fsp3) is 0.355. The molecular formula is C31H35N5O4. The largest absolute Gasteiger partial charge is 0.497 e. The summed E-state index contributed by atoms with van der Waals surface area (Å²) in [4.78, 5) is 29.6. The Bertz CT molecular complexity index is 1450. The lowest BCUT2D eigenvalue weighted by Gasteiger charge is -2.32. The quantitative estimate of drug-likeness (QED) is 0.310. The summed E-state index contributed by atoms with van der Waals surface area (Å²) in [6.07, 6.45) is 2.47. The molecule has 3 aromatic carbocycles. The van der Waals surface area contributed by atoms with E-state index < -0.39 is 6.04 Å². The second-order valence-electron chi connectivity index (χ2n) is 10.1. The van der Waals surface area contributed by atoms with E-state index in [0.717, 1.165) is 29.5 Å². The van der Waals surface area contributed by atoms with Crippen molar-refractivity contribution >= 4 is 22.8 Å². The van der Waals surface area contributed by atoms with Gasteiger partial charge in [0.2, 0.25) is 11.8 Å². The first-order chi connectivity index (χ1) is 19.5. The van der Waals surface area contributed by atoms with Gasteiger partial charge in [0, 0.05) is 19.7 Å². The number of benzene rings is 3. The maximum absolute atomic E-state index is 14.1. The van der Waals surface area contributed by atoms with Crippen LogP contribution in [0, 0.1) is 6.92 Å². The van der Waals surface area contributed by atoms with Crippen LogP contribution in [-0.2, 0) is 27.3 Å². The van der Waals surface area contributed by atoms with Gasteiger partial charge in [-0.05, 0) is 61.6 Å². The van der Waals surface area contributed by atoms with E-state index in [-0.39, 0.29) is 24.5 Å². The molecule has 0 bridgehead atoms. The minimum atomic E-state index is -0.848. The normalized spacial score (nSPS) is 15.6. The summed E-state index contributed by atoms with van der Waals surface area (Å²) >= 11 is 0. The van der Waals surface area contributed by atoms with Gasteiger partial charge in [0.25, 0.3) is 0 Å². The Balaban J connectivity index is 1.47. The molecule has 2 atom stereocenters. The minimum Gasteiger partial charge on any atom is -0.497 e. The third kappa shape index (κ3) is 6.48. The highest BCUT2D eigenvalue weighted by molar-refractivity contribution is 5.89. The van der Waals surface area contributed by atoms with E-state index in [4.69, 9.17) is 9.47 Å². The number of aromatic nitrogens is 3. The van der Waals surface area contributed by atoms with Crippen LogP contribution in [0.2, 0.25) is 0 Å². The summed E-state index contributed by atoms with van der Waals surface area (Å²) in [6, 6.07) is 22.2. The zero-order valence-corrected chi connectivity index (χ0v) is 23.0. The van der Waals surface area contributed by atoms with Crippen LogP contribution in [0.25, 0.3) is 11.0 Å². The van der Waals surface area contributed by atoms with Gasteiger partial charge in [-0.15, -0.1) is 5.10 Å². The number of carbonyl (C=O) groups is 2. The minimum absolute atomic E-state index is 0.0153. The van der Waals surface area contributed by atoms with Gasteiger partial charge >= 0.3 is 0 Å². The van der Waals surface area contributed by atoms with Crippen LogP contribution in [0.5, 0.6) is 5.75 Å². The standard InChI is InChI=1S/C31H35N5O4/c1-22-7-5-8-23(19-22)16-17-35(29(37)21-36-28-11-4-3-10-27(28)33-34-36)30(24-12-14-25(39-2)15-13-24)31(38)32-20-26-9-6-18-40-26/h3-5,7-8,10-15,19,26,30H,6,9,16-18,20-21H2,1-2H3,(H,32,38)/t26-,30+/m0/s1. The molecule has 1 N–H and O–H groups in total. The average Bonchev–Trinajstić information content (AvgIpc) is 3.64. The number of rotatable bonds is 11. The smallest absolute Gasteiger partial charge is 0.247 e. The number of amides is 2. The molecule has 40 heavy (non-hydrogen) atoms. The number of fused-ring (bicyclic) bond motifs is 1. The highest BCUT2D eigenvalue weighted by atomic mass is 16.5. The molecule has 1 aliphatic rings. The summed E-state index contributed by atoms with van der Waals surface area (Å²) in [6.45, 7) is 3.45. The molecule has 2 heterocycles. The Hall–Kier alpha value is -4.24. The summed E-state index contributed by atoms with van der Waals surface area (Å²) in [5.74, 6) is 0.201. The molecule has 4 aromatic rings. The summed E-state index contributed by atoms with van der Waals surface area (Å²) in [5, 5.41) is 11.5. The van der Waals surface area contributed by atoms with Gasteiger partial charge in [-0.3, -0.25) is 9.59 Å². The molecule has 0 saturated carbocycles. The topological polar surface area (TPSA) is 98.6 Å². The van der Waals surface area contributed by atoms with Crippen molar-refractivity contribution in [1.82, 2.24) is 25.2 Å². The van der Waals surface area contributed by atoms with Crippen LogP contribution in [0.3, 0.4) is 0 Å². The number of carbonyl (C=O) groups excluding carboxylic acids is 2. The molecule has 0 aliphatic carbocycles. The fourth-order valence-corrected chi connectivity index (χ4v) is 5.14. The van der Waals surface area contributed by atoms with Crippen molar-refractivity contribution in [2.45, 2.75) is 44.9 Å². The van der Waals surface area contributed by atoms with Crippen LogP contribution in [0.4, 0.5) is 0 Å². The lowest BCUT2D eigenvalue weighted by Crippen LogP contribution is -2.47. The van der Waals surface area contributed by atoms with E-state index >= 15 is 0 Å². The van der Waals surface area contributed by atoms with Gasteiger partial charge in [-0.2, -0.15) is 0 Å². The van der Waals surface area contributed by atoms with E-state index in [2.05, 4.69) is 21.7 Å². The van der Waals surface area contributed by atoms with Crippen molar-refractivity contribution in [1.29, 1.82) is 0 Å². The Kier molecular flexibility index (Phi) is 8.71. The van der Waals surface area contributed by atoms with Crippen LogP contribution < -0.4 is 10.1 Å². The van der Waals surface area contributed by atoms with E-state index in [9.17, 15) is 9.59 Å². The Morgan fingerprint density at radius 2 is 1.95 bits per heavy atom. The third-order valence-corrected chi connectivity index (χ3v) is 7.27. The van der Waals surface area contributed by atoms with Crippen molar-refractivity contribution in [3.05, 3.63) is 89.5 Å². The number of para-hydroxylation sites is 1. The Labute approximate surface area is 234 Å². The maximum atomic E-state index is 14.1. The molecule has 0 radical (unpaired) electrons. The first kappa shape index (κ1) is 27.3. The summed E-state index contributed by atoms with van der Waals surface area (Å²) in [7, 11) is 1.60. The van der Waals surface area contributed by atoms with E-state index in [1.54, 1.807) is 16.7 Å². The average molecular weight is 542 g/mol. The van der Waals surface area contributed by atoms with Crippen molar-refractivity contribution in [3.63, 3.8) is 0 Å². The summed E-state index contributed by atoms with van der Waals surface area (Å²) in [5.41, 5.74) is 4.41. The Morgan fingerprint density at radius 3 is 2.70 bits per heavy atom. The van der Waals surface area contributed by atoms with Gasteiger partial charge < -0.3 is 19.7 Å². The van der Waals surface area contributed by atoms with Crippen LogP contribution >= 0.6 is 0 Å². The van der Waals surface area contributed by atoms with Crippen LogP contribution in [0.1, 0.15) is 35.6 Å². The van der Waals surface area contributed by atoms with Crippen molar-refractivity contribution in [2.75, 3.05) is 26.8 Å². The lowest BCUT2D eigenvalue weighted by atomic mass is 10.0. The number of hydrogen-bond acceptors (Lipinski definition) is 6. The van der Waals surface area contributed by atoms with E-state index in [1.165, 1.54) is 0 Å². The van der Waals surface area contributed by atoms with Crippen molar-refractivity contribution in [2.24, 2.45) is 0 Å². The monoisotopic (exact) mass is 541 g/mol. The SMILES string of the molecule is COc1ccc([C@H](C(=O)NC[C@@H]2CCCO2)N(CCc2cccc(C)c2)C(=O)Cn2nnc3ccccc32)cc1. The highest BCUT2D eigenvalue weighted by Gasteiger charge is 2.32. The molecule has 208 valence electrons. The maximum Gasteiger partial charge on any atom is 0.247 e. The number of aryl methyl sites for hydroxylation is 1. The second-order valence-corrected chi connectivity index (χ2v) is 10.1. The summed E-state index contributed by atoms with van der Waals surface area (Å²) < 4.78 is 12.7. The Morgan fingerprint density at radius 1 is 1.12 bits per heavy atom. The molecule has 1 saturated heterocycles. The molecule has 2 amide bonds. The van der Waals surface area contributed by atoms with Gasteiger partial charge in [0.15, 0.2) is 0 Å². The van der Waals surface area contributed by atoms with Gasteiger partial charge in [-0.1, -0.05) is 59.3 Å². The molecule has 9 nitrogen and oxygen atoms in total. The second kappa shape index (κ2) is 12.7. The van der Waals surface area contributed by atoms with Crippen molar-refractivity contribution < 1.29 is 19.1 Å². The lowest BCUT2D eigenvalue weighted by molar-refractivity contribution is -0.141. The molecule has 1 aliphatic heterocycles. The van der Waals surface area contributed by atoms with Gasteiger partial charge in [0.05, 0.1) is 18.7 Å². The van der Waals surface area contributed by atoms with Crippen molar-refractivity contribution in [3.8, 4) is 5.75 Å². The molecule has 9 heteroatoms. The zero-order chi connectivity index (χ0) is 27.9. The molecular weight excluding hydrogens is 506 g/mol. The van der Waals surface area contributed by atoms with Gasteiger partial charge in [-0.25, -0.2) is 4.68 Å². The zero-order valence-electron chi connectivity index (χ0n) is 23.0. The molecule has 0 unspecified atom stereocenters. The number of nitrogens with zero attached hydrogens (tertiary/aromatic N) is 4. The highest BCUT2D eigenvalue weighted by Crippen LogP contribution is 2.26. The predicted octanol–water partition coefficient (Wildman–Crippen LogP) is 3.86. The predicted molar refractivity (Wildman–Crippen MR) is 152 cm³/mol. The molecule has 0 spiro atoms. The van der Waals surface area contributed by atoms with Gasteiger partial charge in [0.1, 0.15) is 23.9 Å². The number of ether oxygens (including phenoxy) is 2. The first-order valence-electron chi connectivity index (χ1n) is 13.7. The molecule has 1 aromatic heterocycles. The fourth-order valence-electron chi connectivity index (χ4n) is 5.14. The molecule has 5 rings (SSSR count). The number of hydrogen-bond donors (Lipinski definition) is 1. The molecule has 1 fully saturated rings. The van der Waals surface area contributed by atoms with Crippen LogP contribution in [0.15, 0.2) is 72.8 Å². The first-order valence-corrected chi connectivity index (χ1v) is 13.7. The number of methoxy groups -OCH3 is 1. The number of nitrogens with one attached hydrogen (secondary N) is 1. The van der Waals surface area contributed by atoms with E-state index in [1.807, 2.05) is 73.7 Å².